The molecule has 1 atom stereocenters. The summed E-state index contributed by atoms with van der Waals surface area (Å²) < 4.78 is 5.39. The summed E-state index contributed by atoms with van der Waals surface area (Å²) in [6, 6.07) is 0. The highest BCUT2D eigenvalue weighted by Gasteiger charge is 2.42. The summed E-state index contributed by atoms with van der Waals surface area (Å²) in [7, 11) is 0. The van der Waals surface area contributed by atoms with Gasteiger partial charge in [0, 0.05) is 25.0 Å². The maximum atomic E-state index is 11.9. The van der Waals surface area contributed by atoms with Gasteiger partial charge in [-0.15, -0.1) is 0 Å². The van der Waals surface area contributed by atoms with Crippen molar-refractivity contribution in [2.24, 2.45) is 5.41 Å². The number of carbonyl (C=O) groups excluding carboxylic acids is 1. The van der Waals surface area contributed by atoms with Crippen molar-refractivity contribution in [3.63, 3.8) is 0 Å². The fourth-order valence-electron chi connectivity index (χ4n) is 2.56. The minimum atomic E-state index is -0.388. The smallest absolute Gasteiger partial charge is 0.410 e. The highest BCUT2D eigenvalue weighted by Crippen LogP contribution is 2.36. The molecule has 0 aromatic rings. The number of nitrogens with one attached hydrogen (secondary N) is 1. The van der Waals surface area contributed by atoms with Gasteiger partial charge in [0.1, 0.15) is 5.60 Å². The summed E-state index contributed by atoms with van der Waals surface area (Å²) in [5.41, 5.74) is -0.0579. The third-order valence-electron chi connectivity index (χ3n) is 3.42. The van der Waals surface area contributed by atoms with E-state index < -0.39 is 0 Å². The number of carbonyl (C=O) groups is 1. The zero-order valence-electron chi connectivity index (χ0n) is 10.5. The number of hydrogen-bond donors (Lipinski definition) is 1. The largest absolute Gasteiger partial charge is 0.444 e. The maximum absolute atomic E-state index is 11.9. The first-order valence-corrected chi connectivity index (χ1v) is 6.09. The Kier molecular flexibility index (Phi) is 2.86. The van der Waals surface area contributed by atoms with Crippen molar-refractivity contribution < 1.29 is 9.53 Å². The van der Waals surface area contributed by atoms with Crippen LogP contribution in [0.25, 0.3) is 0 Å². The van der Waals surface area contributed by atoms with Crippen LogP contribution < -0.4 is 5.32 Å². The summed E-state index contributed by atoms with van der Waals surface area (Å²) in [6.45, 7) is 9.57. The number of hydrogen-bond acceptors (Lipinski definition) is 3. The van der Waals surface area contributed by atoms with Crippen molar-refractivity contribution in [2.45, 2.75) is 39.2 Å². The molecule has 16 heavy (non-hydrogen) atoms. The molecule has 4 nitrogen and oxygen atoms in total. The van der Waals surface area contributed by atoms with E-state index in [1.165, 1.54) is 6.42 Å². The molecule has 2 saturated heterocycles. The molecular weight excluding hydrogens is 204 g/mol. The predicted octanol–water partition coefficient (Wildman–Crippen LogP) is 1.61. The van der Waals surface area contributed by atoms with E-state index in [4.69, 9.17) is 4.74 Å². The van der Waals surface area contributed by atoms with E-state index >= 15 is 0 Å². The number of nitrogens with zero attached hydrogens (tertiary/aromatic N) is 1. The third kappa shape index (κ3) is 2.48. The Bertz CT molecular complexity index is 277. The van der Waals surface area contributed by atoms with Crippen LogP contribution in [0.1, 0.15) is 33.6 Å². The van der Waals surface area contributed by atoms with E-state index in [2.05, 4.69) is 5.32 Å². The molecule has 2 aliphatic rings. The Balaban J connectivity index is 1.91. The van der Waals surface area contributed by atoms with Gasteiger partial charge in [0.15, 0.2) is 0 Å². The lowest BCUT2D eigenvalue weighted by Crippen LogP contribution is -2.37. The van der Waals surface area contributed by atoms with Gasteiger partial charge in [-0.05, 0) is 40.2 Å². The summed E-state index contributed by atoms with van der Waals surface area (Å²) in [4.78, 5) is 13.7. The van der Waals surface area contributed by atoms with Crippen molar-refractivity contribution in [1.29, 1.82) is 0 Å². The molecule has 0 radical (unpaired) electrons. The molecule has 2 fully saturated rings. The van der Waals surface area contributed by atoms with Gasteiger partial charge in [0.25, 0.3) is 0 Å². The van der Waals surface area contributed by atoms with Crippen LogP contribution in [0.5, 0.6) is 0 Å². The van der Waals surface area contributed by atoms with Gasteiger partial charge in [0.2, 0.25) is 0 Å². The molecule has 2 aliphatic heterocycles. The van der Waals surface area contributed by atoms with Crippen molar-refractivity contribution in [3.8, 4) is 0 Å². The van der Waals surface area contributed by atoms with Gasteiger partial charge in [-0.2, -0.15) is 0 Å². The fourth-order valence-corrected chi connectivity index (χ4v) is 2.56. The Morgan fingerprint density at radius 3 is 2.69 bits per heavy atom. The van der Waals surface area contributed by atoms with Crippen molar-refractivity contribution >= 4 is 6.09 Å². The van der Waals surface area contributed by atoms with Crippen LogP contribution in [0.15, 0.2) is 0 Å². The molecular formula is C12H22N2O2. The average Bonchev–Trinajstić information content (AvgIpc) is 2.74. The summed E-state index contributed by atoms with van der Waals surface area (Å²) in [5, 5.41) is 3.38. The minimum absolute atomic E-state index is 0.156. The van der Waals surface area contributed by atoms with Gasteiger partial charge >= 0.3 is 6.09 Å². The van der Waals surface area contributed by atoms with E-state index in [0.717, 1.165) is 32.6 Å². The van der Waals surface area contributed by atoms with Crippen LogP contribution in [-0.2, 0) is 4.74 Å². The maximum Gasteiger partial charge on any atom is 0.410 e. The lowest BCUT2D eigenvalue weighted by molar-refractivity contribution is 0.0276. The predicted molar refractivity (Wildman–Crippen MR) is 62.3 cm³/mol. The summed E-state index contributed by atoms with van der Waals surface area (Å²) in [6.07, 6.45) is 2.14. The second kappa shape index (κ2) is 3.91. The first kappa shape index (κ1) is 11.7. The standard InChI is InChI=1S/C12H22N2O2/c1-11(2,3)16-10(15)14-7-5-12(9-14)4-6-13-8-12/h13H,4-9H2,1-3H3/t12-/m1/s1. The molecule has 4 heteroatoms. The molecule has 92 valence electrons. The van der Waals surface area contributed by atoms with Gasteiger partial charge in [0.05, 0.1) is 0 Å². The first-order valence-electron chi connectivity index (χ1n) is 6.09. The normalized spacial score (nSPS) is 30.1. The molecule has 0 aromatic heterocycles. The minimum Gasteiger partial charge on any atom is -0.444 e. The highest BCUT2D eigenvalue weighted by molar-refractivity contribution is 5.68. The van der Waals surface area contributed by atoms with E-state index in [1.807, 2.05) is 25.7 Å². The van der Waals surface area contributed by atoms with Crippen molar-refractivity contribution in [1.82, 2.24) is 10.2 Å². The number of ether oxygens (including phenoxy) is 1. The molecule has 0 aromatic carbocycles. The molecule has 1 spiro atoms. The molecule has 0 unspecified atom stereocenters. The monoisotopic (exact) mass is 226 g/mol. The molecule has 1 amide bonds. The molecule has 0 saturated carbocycles. The second-order valence-corrected chi connectivity index (χ2v) is 6.08. The van der Waals surface area contributed by atoms with Crippen LogP contribution in [0.2, 0.25) is 0 Å². The quantitative estimate of drug-likeness (QED) is 0.682. The van der Waals surface area contributed by atoms with Crippen LogP contribution in [0.4, 0.5) is 4.79 Å². The topological polar surface area (TPSA) is 41.6 Å². The lowest BCUT2D eigenvalue weighted by Gasteiger charge is -2.26. The first-order chi connectivity index (χ1) is 7.40. The van der Waals surface area contributed by atoms with Crippen LogP contribution in [-0.4, -0.2) is 42.8 Å². The van der Waals surface area contributed by atoms with Crippen LogP contribution in [0, 0.1) is 5.41 Å². The van der Waals surface area contributed by atoms with Crippen LogP contribution >= 0.6 is 0 Å². The molecule has 1 N–H and O–H groups in total. The van der Waals surface area contributed by atoms with E-state index in [9.17, 15) is 4.79 Å². The average molecular weight is 226 g/mol. The van der Waals surface area contributed by atoms with E-state index in [1.54, 1.807) is 0 Å². The Hall–Kier alpha value is -0.770. The van der Waals surface area contributed by atoms with E-state index in [-0.39, 0.29) is 11.7 Å². The zero-order valence-corrected chi connectivity index (χ0v) is 10.5. The number of likely N-dealkylation sites (tertiary alicyclic amines) is 1. The van der Waals surface area contributed by atoms with Gasteiger partial charge < -0.3 is 15.0 Å². The SMILES string of the molecule is CC(C)(C)OC(=O)N1CC[C@@]2(CCNC2)C1. The summed E-state index contributed by atoms with van der Waals surface area (Å²) >= 11 is 0. The van der Waals surface area contributed by atoms with Gasteiger partial charge in [-0.25, -0.2) is 4.79 Å². The number of rotatable bonds is 0. The highest BCUT2D eigenvalue weighted by atomic mass is 16.6. The summed E-state index contributed by atoms with van der Waals surface area (Å²) in [5.74, 6) is 0. The fraction of sp³-hybridized carbons (Fsp3) is 0.917. The number of amides is 1. The Morgan fingerprint density at radius 1 is 1.38 bits per heavy atom. The van der Waals surface area contributed by atoms with Crippen LogP contribution in [0.3, 0.4) is 0 Å². The molecule has 0 aliphatic carbocycles. The molecule has 2 rings (SSSR count). The zero-order chi connectivity index (χ0) is 11.8. The third-order valence-corrected chi connectivity index (χ3v) is 3.42. The van der Waals surface area contributed by atoms with Gasteiger partial charge in [-0.1, -0.05) is 0 Å². The molecule has 2 heterocycles. The van der Waals surface area contributed by atoms with Crippen molar-refractivity contribution in [3.05, 3.63) is 0 Å². The molecule has 0 bridgehead atoms. The second-order valence-electron chi connectivity index (χ2n) is 6.08. The Labute approximate surface area is 97.3 Å². The lowest BCUT2D eigenvalue weighted by atomic mass is 9.87. The van der Waals surface area contributed by atoms with Gasteiger partial charge in [-0.3, -0.25) is 0 Å². The van der Waals surface area contributed by atoms with E-state index in [0.29, 0.717) is 5.41 Å². The van der Waals surface area contributed by atoms with Crippen molar-refractivity contribution in [2.75, 3.05) is 26.2 Å². The Morgan fingerprint density at radius 2 is 2.12 bits per heavy atom.